The maximum atomic E-state index is 12.7. The highest BCUT2D eigenvalue weighted by Gasteiger charge is 2.34. The Kier molecular flexibility index (Phi) is 4.77. The number of aromatic nitrogens is 1. The summed E-state index contributed by atoms with van der Waals surface area (Å²) < 4.78 is 37.5. The van der Waals surface area contributed by atoms with Gasteiger partial charge in [-0.2, -0.15) is 4.31 Å². The van der Waals surface area contributed by atoms with Gasteiger partial charge in [0.05, 0.1) is 23.6 Å². The minimum atomic E-state index is -3.60. The molecule has 0 N–H and O–H groups in total. The molecule has 1 aromatic heterocycles. The number of thiazole rings is 1. The molecule has 1 aromatic carbocycles. The van der Waals surface area contributed by atoms with Gasteiger partial charge in [-0.1, -0.05) is 22.9 Å². The summed E-state index contributed by atoms with van der Waals surface area (Å²) in [6.07, 6.45) is 2.09. The molecule has 0 bridgehead atoms. The zero-order chi connectivity index (χ0) is 16.4. The van der Waals surface area contributed by atoms with Gasteiger partial charge in [-0.05, 0) is 24.6 Å². The van der Waals surface area contributed by atoms with Gasteiger partial charge >= 0.3 is 0 Å². The molecule has 1 fully saturated rings. The monoisotopic (exact) mass is 374 g/mol. The molecule has 9 heteroatoms. The predicted molar refractivity (Wildman–Crippen MR) is 87.9 cm³/mol. The average Bonchev–Trinajstić information content (AvgIpc) is 3.19. The molecule has 0 amide bonds. The molecule has 1 aliphatic rings. The molecule has 3 rings (SSSR count). The lowest BCUT2D eigenvalue weighted by Crippen LogP contribution is -2.31. The van der Waals surface area contributed by atoms with Crippen LogP contribution in [0.25, 0.3) is 0 Å². The van der Waals surface area contributed by atoms with E-state index in [4.69, 9.17) is 21.1 Å². The van der Waals surface area contributed by atoms with Crippen LogP contribution in [0.5, 0.6) is 10.9 Å². The third-order valence-electron chi connectivity index (χ3n) is 3.55. The topological polar surface area (TPSA) is 68.7 Å². The first-order valence-corrected chi connectivity index (χ1v) is 9.60. The van der Waals surface area contributed by atoms with Crippen LogP contribution in [0, 0.1) is 0 Å². The van der Waals surface area contributed by atoms with Crippen LogP contribution in [-0.4, -0.2) is 44.0 Å². The minimum absolute atomic E-state index is 0.151. The van der Waals surface area contributed by atoms with E-state index in [1.165, 1.54) is 34.9 Å². The zero-order valence-corrected chi connectivity index (χ0v) is 14.7. The molecule has 0 radical (unpaired) electrons. The molecule has 6 nitrogen and oxygen atoms in total. The molecule has 124 valence electrons. The predicted octanol–water partition coefficient (Wildman–Crippen LogP) is 2.65. The zero-order valence-electron chi connectivity index (χ0n) is 12.3. The van der Waals surface area contributed by atoms with E-state index in [-0.39, 0.29) is 16.0 Å². The van der Waals surface area contributed by atoms with Crippen molar-refractivity contribution in [2.75, 3.05) is 20.2 Å². The van der Waals surface area contributed by atoms with Crippen molar-refractivity contribution in [2.45, 2.75) is 17.4 Å². The van der Waals surface area contributed by atoms with Crippen LogP contribution < -0.4 is 9.47 Å². The summed E-state index contributed by atoms with van der Waals surface area (Å²) in [5, 5.41) is 2.64. The molecule has 0 spiro atoms. The van der Waals surface area contributed by atoms with Crippen molar-refractivity contribution in [1.82, 2.24) is 9.29 Å². The third kappa shape index (κ3) is 3.45. The van der Waals surface area contributed by atoms with Gasteiger partial charge in [-0.15, -0.1) is 0 Å². The van der Waals surface area contributed by atoms with Gasteiger partial charge in [0.25, 0.3) is 5.19 Å². The molecule has 1 saturated heterocycles. The number of methoxy groups -OCH3 is 1. The molecule has 23 heavy (non-hydrogen) atoms. The minimum Gasteiger partial charge on any atom is -0.495 e. The fourth-order valence-electron chi connectivity index (χ4n) is 2.38. The van der Waals surface area contributed by atoms with E-state index in [0.717, 1.165) is 0 Å². The number of ether oxygens (including phenoxy) is 2. The number of hydrogen-bond donors (Lipinski definition) is 0. The van der Waals surface area contributed by atoms with Crippen molar-refractivity contribution in [3.05, 3.63) is 34.8 Å². The molecular formula is C14H15ClN2O4S2. The number of benzene rings is 1. The van der Waals surface area contributed by atoms with Crippen molar-refractivity contribution >= 4 is 33.0 Å². The molecule has 0 aliphatic carbocycles. The Morgan fingerprint density at radius 2 is 2.26 bits per heavy atom. The lowest BCUT2D eigenvalue weighted by Gasteiger charge is -2.17. The van der Waals surface area contributed by atoms with Gasteiger partial charge in [-0.3, -0.25) is 0 Å². The van der Waals surface area contributed by atoms with Gasteiger partial charge in [0.1, 0.15) is 11.9 Å². The van der Waals surface area contributed by atoms with E-state index in [1.54, 1.807) is 12.3 Å². The third-order valence-corrected chi connectivity index (χ3v) is 6.36. The van der Waals surface area contributed by atoms with E-state index in [1.807, 2.05) is 5.38 Å². The van der Waals surface area contributed by atoms with Crippen molar-refractivity contribution in [3.8, 4) is 10.9 Å². The van der Waals surface area contributed by atoms with Crippen molar-refractivity contribution < 1.29 is 17.9 Å². The molecule has 2 heterocycles. The van der Waals surface area contributed by atoms with Crippen LogP contribution in [0.1, 0.15) is 6.42 Å². The maximum absolute atomic E-state index is 12.7. The Balaban J connectivity index is 1.74. The highest BCUT2D eigenvalue weighted by atomic mass is 35.5. The molecule has 1 unspecified atom stereocenters. The average molecular weight is 375 g/mol. The Labute approximate surface area is 143 Å². The van der Waals surface area contributed by atoms with E-state index in [9.17, 15) is 8.42 Å². The van der Waals surface area contributed by atoms with Crippen molar-refractivity contribution in [1.29, 1.82) is 0 Å². The van der Waals surface area contributed by atoms with Crippen LogP contribution in [0.4, 0.5) is 0 Å². The van der Waals surface area contributed by atoms with Crippen molar-refractivity contribution in [2.24, 2.45) is 0 Å². The standard InChI is InChI=1S/C14H15ClN2O4S2/c1-20-13-3-2-11(8-12(13)15)23(18,19)17-6-4-10(9-17)21-14-16-5-7-22-14/h2-3,5,7-8,10H,4,6,9H2,1H3. The summed E-state index contributed by atoms with van der Waals surface area (Å²) in [6, 6.07) is 4.45. The first kappa shape index (κ1) is 16.5. The van der Waals surface area contributed by atoms with Gasteiger partial charge < -0.3 is 9.47 Å². The SMILES string of the molecule is COc1ccc(S(=O)(=O)N2CCC(Oc3nccs3)C2)cc1Cl. The van der Waals surface area contributed by atoms with Crippen molar-refractivity contribution in [3.63, 3.8) is 0 Å². The smallest absolute Gasteiger partial charge is 0.273 e. The lowest BCUT2D eigenvalue weighted by atomic mass is 10.3. The second kappa shape index (κ2) is 6.64. The summed E-state index contributed by atoms with van der Waals surface area (Å²) in [6.45, 7) is 0.702. The summed E-state index contributed by atoms with van der Waals surface area (Å²) in [4.78, 5) is 4.20. The van der Waals surface area contributed by atoms with E-state index in [0.29, 0.717) is 30.5 Å². The summed E-state index contributed by atoms with van der Waals surface area (Å²) in [5.41, 5.74) is 0. The van der Waals surface area contributed by atoms with Crippen LogP contribution >= 0.6 is 22.9 Å². The quantitative estimate of drug-likeness (QED) is 0.804. The van der Waals surface area contributed by atoms with Crippen LogP contribution in [0.3, 0.4) is 0 Å². The highest BCUT2D eigenvalue weighted by Crippen LogP contribution is 2.30. The van der Waals surface area contributed by atoms with E-state index >= 15 is 0 Å². The van der Waals surface area contributed by atoms with E-state index < -0.39 is 10.0 Å². The Morgan fingerprint density at radius 1 is 1.43 bits per heavy atom. The Bertz CT molecular complexity index is 780. The number of sulfonamides is 1. The second-order valence-corrected chi connectivity index (χ2v) is 8.19. The first-order chi connectivity index (χ1) is 11.0. The molecule has 2 aromatic rings. The van der Waals surface area contributed by atoms with Gasteiger partial charge in [0.2, 0.25) is 10.0 Å². The fourth-order valence-corrected chi connectivity index (χ4v) is 4.77. The van der Waals surface area contributed by atoms with E-state index in [2.05, 4.69) is 4.98 Å². The van der Waals surface area contributed by atoms with Crippen LogP contribution in [0.15, 0.2) is 34.7 Å². The fraction of sp³-hybridized carbons (Fsp3) is 0.357. The Morgan fingerprint density at radius 3 is 2.91 bits per heavy atom. The summed E-state index contributed by atoms with van der Waals surface area (Å²) >= 11 is 7.41. The number of hydrogen-bond acceptors (Lipinski definition) is 6. The largest absolute Gasteiger partial charge is 0.495 e. The Hall–Kier alpha value is -1.35. The van der Waals surface area contributed by atoms with Crippen LogP contribution in [0.2, 0.25) is 5.02 Å². The molecular weight excluding hydrogens is 360 g/mol. The maximum Gasteiger partial charge on any atom is 0.273 e. The normalized spacial score (nSPS) is 19.0. The highest BCUT2D eigenvalue weighted by molar-refractivity contribution is 7.89. The van der Waals surface area contributed by atoms with Gasteiger partial charge in [0.15, 0.2) is 0 Å². The lowest BCUT2D eigenvalue weighted by molar-refractivity contribution is 0.214. The molecule has 0 saturated carbocycles. The molecule has 1 aliphatic heterocycles. The second-order valence-electron chi connectivity index (χ2n) is 4.99. The first-order valence-electron chi connectivity index (χ1n) is 6.90. The number of halogens is 1. The number of nitrogens with zero attached hydrogens (tertiary/aromatic N) is 2. The van der Waals surface area contributed by atoms with Crippen LogP contribution in [-0.2, 0) is 10.0 Å². The summed E-state index contributed by atoms with van der Waals surface area (Å²) in [5.74, 6) is 0.442. The summed E-state index contributed by atoms with van der Waals surface area (Å²) in [7, 11) is -2.12. The van der Waals surface area contributed by atoms with Gasteiger partial charge in [0, 0.05) is 18.1 Å². The number of rotatable bonds is 5. The molecule has 1 atom stereocenters. The van der Waals surface area contributed by atoms with Gasteiger partial charge in [-0.25, -0.2) is 13.4 Å².